The fraction of sp³-hybridized carbons (Fsp3) is 0.111. The van der Waals surface area contributed by atoms with Crippen molar-refractivity contribution in [2.45, 2.75) is 6.54 Å². The second-order valence-electron chi connectivity index (χ2n) is 6.04. The number of nitrogens with zero attached hydrogens (tertiary/aromatic N) is 7. The summed E-state index contributed by atoms with van der Waals surface area (Å²) in [5.74, 6) is 1.51. The molecule has 0 aliphatic carbocycles. The van der Waals surface area contributed by atoms with Crippen LogP contribution in [-0.2, 0) is 6.54 Å². The van der Waals surface area contributed by atoms with E-state index >= 15 is 0 Å². The highest BCUT2D eigenvalue weighted by molar-refractivity contribution is 7.13. The number of hydrogen-bond donors (Lipinski definition) is 0. The number of aromatic nitrogens is 7. The Kier molecular flexibility index (Phi) is 4.13. The minimum atomic E-state index is -0.342. The number of thiophene rings is 1. The number of hydrogen-bond acceptors (Lipinski definition) is 9. The minimum Gasteiger partial charge on any atom is -0.497 e. The van der Waals surface area contributed by atoms with Gasteiger partial charge in [-0.3, -0.25) is 9.36 Å². The average molecular weight is 407 g/mol. The van der Waals surface area contributed by atoms with E-state index in [0.717, 1.165) is 16.3 Å². The SMILES string of the molecule is COc1ccc(-n2nnc3c(=O)n(Cc4nc(-c5cccs5)no4)cnc32)cc1. The van der Waals surface area contributed by atoms with E-state index in [-0.39, 0.29) is 17.6 Å². The third kappa shape index (κ3) is 3.06. The normalized spacial score (nSPS) is 11.2. The maximum absolute atomic E-state index is 12.8. The smallest absolute Gasteiger partial charge is 0.284 e. The van der Waals surface area contributed by atoms with Crippen molar-refractivity contribution in [3.8, 4) is 22.1 Å². The lowest BCUT2D eigenvalue weighted by Gasteiger charge is -2.04. The molecule has 5 aromatic rings. The van der Waals surface area contributed by atoms with E-state index in [1.807, 2.05) is 29.6 Å². The lowest BCUT2D eigenvalue weighted by molar-refractivity contribution is 0.369. The summed E-state index contributed by atoms with van der Waals surface area (Å²) in [5.41, 5.74) is 0.892. The van der Waals surface area contributed by atoms with E-state index in [0.29, 0.717) is 17.4 Å². The molecule has 0 atom stereocenters. The number of fused-ring (bicyclic) bond motifs is 1. The molecule has 144 valence electrons. The summed E-state index contributed by atoms with van der Waals surface area (Å²) < 4.78 is 13.3. The van der Waals surface area contributed by atoms with Crippen LogP contribution in [0.2, 0.25) is 0 Å². The highest BCUT2D eigenvalue weighted by Crippen LogP contribution is 2.21. The second kappa shape index (κ2) is 6.95. The van der Waals surface area contributed by atoms with Crippen LogP contribution in [0.15, 0.2) is 57.4 Å². The molecule has 0 radical (unpaired) electrons. The average Bonchev–Trinajstić information content (AvgIpc) is 3.51. The zero-order valence-electron chi connectivity index (χ0n) is 15.1. The molecule has 0 fully saturated rings. The van der Waals surface area contributed by atoms with E-state index in [2.05, 4.69) is 25.4 Å². The van der Waals surface area contributed by atoms with E-state index in [9.17, 15) is 4.79 Å². The number of rotatable bonds is 5. The molecule has 0 N–H and O–H groups in total. The Morgan fingerprint density at radius 3 is 2.83 bits per heavy atom. The third-order valence-corrected chi connectivity index (χ3v) is 5.13. The molecule has 1 aromatic carbocycles. The van der Waals surface area contributed by atoms with Crippen LogP contribution in [0.3, 0.4) is 0 Å². The fourth-order valence-corrected chi connectivity index (χ4v) is 3.47. The quantitative estimate of drug-likeness (QED) is 0.435. The van der Waals surface area contributed by atoms with Crippen LogP contribution in [0.4, 0.5) is 0 Å². The highest BCUT2D eigenvalue weighted by Gasteiger charge is 2.16. The summed E-state index contributed by atoms with van der Waals surface area (Å²) in [5, 5.41) is 14.0. The topological polar surface area (TPSA) is 114 Å². The Morgan fingerprint density at radius 2 is 2.07 bits per heavy atom. The third-order valence-electron chi connectivity index (χ3n) is 4.26. The van der Waals surface area contributed by atoms with Crippen molar-refractivity contribution < 1.29 is 9.26 Å². The Bertz CT molecular complexity index is 1340. The molecule has 29 heavy (non-hydrogen) atoms. The zero-order valence-corrected chi connectivity index (χ0v) is 15.9. The van der Waals surface area contributed by atoms with Crippen LogP contribution in [0.1, 0.15) is 5.89 Å². The van der Waals surface area contributed by atoms with E-state index in [1.165, 1.54) is 26.9 Å². The summed E-state index contributed by atoms with van der Waals surface area (Å²) in [4.78, 5) is 22.4. The first-order valence-electron chi connectivity index (χ1n) is 8.54. The molecule has 4 heterocycles. The maximum Gasteiger partial charge on any atom is 0.284 e. The number of methoxy groups -OCH3 is 1. The van der Waals surface area contributed by atoms with E-state index in [4.69, 9.17) is 9.26 Å². The zero-order chi connectivity index (χ0) is 19.8. The molecule has 0 bridgehead atoms. The Morgan fingerprint density at radius 1 is 1.21 bits per heavy atom. The predicted molar refractivity (Wildman–Crippen MR) is 104 cm³/mol. The van der Waals surface area contributed by atoms with Gasteiger partial charge in [-0.1, -0.05) is 16.4 Å². The molecule has 0 saturated heterocycles. The van der Waals surface area contributed by atoms with Gasteiger partial charge in [0.2, 0.25) is 11.7 Å². The summed E-state index contributed by atoms with van der Waals surface area (Å²) >= 11 is 1.51. The lowest BCUT2D eigenvalue weighted by Crippen LogP contribution is -2.21. The second-order valence-corrected chi connectivity index (χ2v) is 6.99. The van der Waals surface area contributed by atoms with Crippen molar-refractivity contribution in [1.29, 1.82) is 0 Å². The van der Waals surface area contributed by atoms with Crippen LogP contribution in [-0.4, -0.2) is 41.8 Å². The standard InChI is InChI=1S/C18H13N7O3S/c1-27-12-6-4-11(5-7-12)25-17-15(21-23-25)18(26)24(10-19-17)9-14-20-16(22-28-14)13-3-2-8-29-13/h2-8,10H,9H2,1H3. The molecule has 0 amide bonds. The molecule has 5 rings (SSSR count). The van der Waals surface area contributed by atoms with Gasteiger partial charge in [0.05, 0.1) is 17.7 Å². The molecule has 4 aromatic heterocycles. The molecule has 10 nitrogen and oxygen atoms in total. The first-order chi connectivity index (χ1) is 14.2. The highest BCUT2D eigenvalue weighted by atomic mass is 32.1. The summed E-state index contributed by atoms with van der Waals surface area (Å²) in [6.07, 6.45) is 1.42. The maximum atomic E-state index is 12.8. The van der Waals surface area contributed by atoms with Crippen molar-refractivity contribution in [3.63, 3.8) is 0 Å². The van der Waals surface area contributed by atoms with Gasteiger partial charge in [0.1, 0.15) is 18.6 Å². The van der Waals surface area contributed by atoms with Gasteiger partial charge in [-0.05, 0) is 35.7 Å². The van der Waals surface area contributed by atoms with Gasteiger partial charge in [-0.2, -0.15) is 9.67 Å². The van der Waals surface area contributed by atoms with Gasteiger partial charge in [-0.25, -0.2) is 4.98 Å². The van der Waals surface area contributed by atoms with Crippen LogP contribution < -0.4 is 10.3 Å². The number of benzene rings is 1. The van der Waals surface area contributed by atoms with Crippen molar-refractivity contribution in [2.24, 2.45) is 0 Å². The van der Waals surface area contributed by atoms with Crippen LogP contribution in [0, 0.1) is 0 Å². The minimum absolute atomic E-state index is 0.0928. The van der Waals surface area contributed by atoms with E-state index in [1.54, 1.807) is 19.2 Å². The Balaban J connectivity index is 1.47. The van der Waals surface area contributed by atoms with Gasteiger partial charge < -0.3 is 9.26 Å². The summed E-state index contributed by atoms with van der Waals surface area (Å²) in [7, 11) is 1.59. The van der Waals surface area contributed by atoms with Crippen molar-refractivity contribution in [1.82, 2.24) is 34.7 Å². The van der Waals surface area contributed by atoms with Crippen molar-refractivity contribution >= 4 is 22.5 Å². The van der Waals surface area contributed by atoms with Gasteiger partial charge in [0.15, 0.2) is 11.2 Å². The monoisotopic (exact) mass is 407 g/mol. The van der Waals surface area contributed by atoms with Gasteiger partial charge in [0.25, 0.3) is 5.56 Å². The first-order valence-corrected chi connectivity index (χ1v) is 9.42. The molecule has 0 saturated carbocycles. The Labute approximate surface area is 167 Å². The molecule has 11 heteroatoms. The van der Waals surface area contributed by atoms with E-state index < -0.39 is 0 Å². The van der Waals surface area contributed by atoms with Crippen LogP contribution in [0.25, 0.3) is 27.6 Å². The van der Waals surface area contributed by atoms with Gasteiger partial charge in [-0.15, -0.1) is 16.4 Å². The molecule has 0 unspecified atom stereocenters. The molecular formula is C18H13N7O3S. The van der Waals surface area contributed by atoms with Crippen LogP contribution in [0.5, 0.6) is 5.75 Å². The van der Waals surface area contributed by atoms with Crippen LogP contribution >= 0.6 is 11.3 Å². The van der Waals surface area contributed by atoms with Gasteiger partial charge in [0, 0.05) is 0 Å². The summed E-state index contributed by atoms with van der Waals surface area (Å²) in [6, 6.07) is 11.0. The largest absolute Gasteiger partial charge is 0.497 e. The lowest BCUT2D eigenvalue weighted by atomic mass is 10.3. The molecule has 0 spiro atoms. The van der Waals surface area contributed by atoms with Gasteiger partial charge >= 0.3 is 0 Å². The first kappa shape index (κ1) is 17.3. The Hall–Kier alpha value is -3.86. The van der Waals surface area contributed by atoms with Crippen molar-refractivity contribution in [3.05, 3.63) is 64.4 Å². The molecule has 0 aliphatic rings. The summed E-state index contributed by atoms with van der Waals surface area (Å²) in [6.45, 7) is 0.0928. The predicted octanol–water partition coefficient (Wildman–Crippen LogP) is 2.15. The molecule has 0 aliphatic heterocycles. The molecular weight excluding hydrogens is 394 g/mol. The fourth-order valence-electron chi connectivity index (χ4n) is 2.82. The van der Waals surface area contributed by atoms with Crippen molar-refractivity contribution in [2.75, 3.05) is 7.11 Å². The number of ether oxygens (including phenoxy) is 1.